The highest BCUT2D eigenvalue weighted by Crippen LogP contribution is 2.40. The Bertz CT molecular complexity index is 942. The van der Waals surface area contributed by atoms with Crippen LogP contribution < -0.4 is 5.32 Å². The summed E-state index contributed by atoms with van der Waals surface area (Å²) in [6, 6.07) is 6.95. The molecule has 1 aromatic heterocycles. The Morgan fingerprint density at radius 1 is 1.10 bits per heavy atom. The number of carbonyl (C=O) groups excluding carboxylic acids is 1. The number of aromatic nitrogens is 1. The number of hydrogen-bond acceptors (Lipinski definition) is 5. The SMILES string of the molecule is O=C(CCc1ccc(S(=O)(=O)N2CCCCCC2)cc1)Nc1nc(C2CC2)cs1. The van der Waals surface area contributed by atoms with Crippen molar-refractivity contribution < 1.29 is 13.2 Å². The lowest BCUT2D eigenvalue weighted by Gasteiger charge is -2.20. The van der Waals surface area contributed by atoms with E-state index in [0.717, 1.165) is 36.9 Å². The summed E-state index contributed by atoms with van der Waals surface area (Å²) >= 11 is 1.47. The molecule has 1 N–H and O–H groups in total. The number of anilines is 1. The molecule has 2 fully saturated rings. The van der Waals surface area contributed by atoms with E-state index >= 15 is 0 Å². The molecule has 0 unspecified atom stereocenters. The smallest absolute Gasteiger partial charge is 0.243 e. The molecule has 1 saturated heterocycles. The van der Waals surface area contributed by atoms with Gasteiger partial charge < -0.3 is 5.32 Å². The number of nitrogens with zero attached hydrogens (tertiary/aromatic N) is 2. The van der Waals surface area contributed by atoms with Gasteiger partial charge in [-0.1, -0.05) is 25.0 Å². The van der Waals surface area contributed by atoms with Crippen LogP contribution in [0.3, 0.4) is 0 Å². The van der Waals surface area contributed by atoms with Gasteiger partial charge in [0.25, 0.3) is 0 Å². The monoisotopic (exact) mass is 433 g/mol. The summed E-state index contributed by atoms with van der Waals surface area (Å²) in [5, 5.41) is 5.55. The van der Waals surface area contributed by atoms with Crippen molar-refractivity contribution in [3.63, 3.8) is 0 Å². The van der Waals surface area contributed by atoms with Gasteiger partial charge in [-0.15, -0.1) is 11.3 Å². The minimum atomic E-state index is -3.43. The first kappa shape index (κ1) is 20.5. The first-order valence-electron chi connectivity index (χ1n) is 10.4. The quantitative estimate of drug-likeness (QED) is 0.711. The molecule has 8 heteroatoms. The van der Waals surface area contributed by atoms with Crippen LogP contribution in [0.1, 0.15) is 62.1 Å². The number of amides is 1. The van der Waals surface area contributed by atoms with Crippen LogP contribution in [0, 0.1) is 0 Å². The van der Waals surface area contributed by atoms with Gasteiger partial charge >= 0.3 is 0 Å². The van der Waals surface area contributed by atoms with Crippen molar-refractivity contribution in [2.45, 2.75) is 62.2 Å². The van der Waals surface area contributed by atoms with Crippen molar-refractivity contribution in [3.05, 3.63) is 40.9 Å². The highest BCUT2D eigenvalue weighted by Gasteiger charge is 2.26. The average molecular weight is 434 g/mol. The van der Waals surface area contributed by atoms with Gasteiger partial charge in [-0.3, -0.25) is 4.79 Å². The average Bonchev–Trinajstić information content (AvgIpc) is 3.51. The fourth-order valence-electron chi connectivity index (χ4n) is 3.61. The zero-order valence-corrected chi connectivity index (χ0v) is 18.1. The molecule has 2 aliphatic rings. The molecular formula is C21H27N3O3S2. The van der Waals surface area contributed by atoms with Crippen LogP contribution in [0.25, 0.3) is 0 Å². The molecule has 0 atom stereocenters. The third kappa shape index (κ3) is 5.24. The van der Waals surface area contributed by atoms with Gasteiger partial charge in [-0.05, 0) is 49.8 Å². The zero-order chi connectivity index (χ0) is 20.3. The van der Waals surface area contributed by atoms with Crippen LogP contribution in [-0.4, -0.2) is 36.7 Å². The van der Waals surface area contributed by atoms with Crippen molar-refractivity contribution in [1.82, 2.24) is 9.29 Å². The first-order valence-corrected chi connectivity index (χ1v) is 12.7. The Balaban J connectivity index is 1.31. The molecule has 1 aromatic carbocycles. The summed E-state index contributed by atoms with van der Waals surface area (Å²) in [6.07, 6.45) is 7.33. The summed E-state index contributed by atoms with van der Waals surface area (Å²) in [7, 11) is -3.43. The molecule has 6 nitrogen and oxygen atoms in total. The van der Waals surface area contributed by atoms with Crippen molar-refractivity contribution in [2.24, 2.45) is 0 Å². The van der Waals surface area contributed by atoms with Crippen LogP contribution in [0.2, 0.25) is 0 Å². The molecule has 0 spiro atoms. The number of thiazole rings is 1. The van der Waals surface area contributed by atoms with Crippen LogP contribution in [-0.2, 0) is 21.2 Å². The van der Waals surface area contributed by atoms with Gasteiger partial charge in [0.2, 0.25) is 15.9 Å². The molecule has 1 amide bonds. The Labute approximate surface area is 176 Å². The predicted octanol–water partition coefficient (Wildman–Crippen LogP) is 4.16. The largest absolute Gasteiger partial charge is 0.302 e. The number of aryl methyl sites for hydroxylation is 1. The Morgan fingerprint density at radius 2 is 1.79 bits per heavy atom. The van der Waals surface area contributed by atoms with Gasteiger partial charge in [0, 0.05) is 30.8 Å². The molecule has 1 aliphatic carbocycles. The highest BCUT2D eigenvalue weighted by molar-refractivity contribution is 7.89. The summed E-state index contributed by atoms with van der Waals surface area (Å²) in [5.74, 6) is 0.518. The van der Waals surface area contributed by atoms with Crippen molar-refractivity contribution >= 4 is 32.4 Å². The molecule has 2 heterocycles. The van der Waals surface area contributed by atoms with E-state index in [1.165, 1.54) is 24.2 Å². The molecule has 0 radical (unpaired) electrons. The fourth-order valence-corrected chi connectivity index (χ4v) is 5.93. The minimum Gasteiger partial charge on any atom is -0.302 e. The molecule has 156 valence electrons. The maximum absolute atomic E-state index is 12.8. The lowest BCUT2D eigenvalue weighted by Crippen LogP contribution is -2.31. The second kappa shape index (κ2) is 8.93. The van der Waals surface area contributed by atoms with Crippen molar-refractivity contribution in [3.8, 4) is 0 Å². The zero-order valence-electron chi connectivity index (χ0n) is 16.5. The maximum atomic E-state index is 12.8. The second-order valence-electron chi connectivity index (χ2n) is 7.86. The van der Waals surface area contributed by atoms with Gasteiger partial charge in [-0.25, -0.2) is 13.4 Å². The topological polar surface area (TPSA) is 79.4 Å². The van der Waals surface area contributed by atoms with Crippen LogP contribution >= 0.6 is 11.3 Å². The van der Waals surface area contributed by atoms with E-state index < -0.39 is 10.0 Å². The number of sulfonamides is 1. The van der Waals surface area contributed by atoms with E-state index in [4.69, 9.17) is 0 Å². The molecule has 2 aromatic rings. The van der Waals surface area contributed by atoms with E-state index in [9.17, 15) is 13.2 Å². The highest BCUT2D eigenvalue weighted by atomic mass is 32.2. The van der Waals surface area contributed by atoms with Crippen molar-refractivity contribution in [2.75, 3.05) is 18.4 Å². The van der Waals surface area contributed by atoms with Gasteiger partial charge in [-0.2, -0.15) is 4.31 Å². The third-order valence-electron chi connectivity index (χ3n) is 5.53. The second-order valence-corrected chi connectivity index (χ2v) is 10.7. The molecule has 1 saturated carbocycles. The van der Waals surface area contributed by atoms with Crippen molar-refractivity contribution in [1.29, 1.82) is 0 Å². The number of nitrogens with one attached hydrogen (secondary N) is 1. The minimum absolute atomic E-state index is 0.0667. The number of benzene rings is 1. The molecule has 1 aliphatic heterocycles. The van der Waals surface area contributed by atoms with E-state index in [0.29, 0.717) is 41.9 Å². The van der Waals surface area contributed by atoms with Crippen LogP contribution in [0.15, 0.2) is 34.5 Å². The lowest BCUT2D eigenvalue weighted by atomic mass is 10.1. The Hall–Kier alpha value is -1.77. The molecular weight excluding hydrogens is 406 g/mol. The van der Waals surface area contributed by atoms with Crippen LogP contribution in [0.4, 0.5) is 5.13 Å². The molecule has 0 bridgehead atoms. The lowest BCUT2D eigenvalue weighted by molar-refractivity contribution is -0.116. The molecule has 4 rings (SSSR count). The maximum Gasteiger partial charge on any atom is 0.243 e. The summed E-state index contributed by atoms with van der Waals surface area (Å²) in [5.41, 5.74) is 2.04. The summed E-state index contributed by atoms with van der Waals surface area (Å²) < 4.78 is 27.3. The third-order valence-corrected chi connectivity index (χ3v) is 8.22. The number of carbonyl (C=O) groups is 1. The van der Waals surface area contributed by atoms with E-state index in [-0.39, 0.29) is 5.91 Å². The predicted molar refractivity (Wildman–Crippen MR) is 115 cm³/mol. The Kier molecular flexibility index (Phi) is 6.32. The van der Waals surface area contributed by atoms with E-state index in [1.807, 2.05) is 17.5 Å². The van der Waals surface area contributed by atoms with E-state index in [1.54, 1.807) is 16.4 Å². The van der Waals surface area contributed by atoms with Gasteiger partial charge in [0.05, 0.1) is 10.6 Å². The van der Waals surface area contributed by atoms with Gasteiger partial charge in [0.1, 0.15) is 0 Å². The summed E-state index contributed by atoms with van der Waals surface area (Å²) in [6.45, 7) is 1.20. The standard InChI is InChI=1S/C21H27N3O3S2/c25-20(23-21-22-19(15-28-21)17-8-9-17)12-7-16-5-10-18(11-6-16)29(26,27)24-13-3-1-2-4-14-24/h5-6,10-11,15,17H,1-4,7-9,12-14H2,(H,22,23,25). The van der Waals surface area contributed by atoms with Crippen LogP contribution in [0.5, 0.6) is 0 Å². The van der Waals surface area contributed by atoms with Gasteiger partial charge in [0.15, 0.2) is 5.13 Å². The number of hydrogen-bond donors (Lipinski definition) is 1. The van der Waals surface area contributed by atoms with E-state index in [2.05, 4.69) is 10.3 Å². The fraction of sp³-hybridized carbons (Fsp3) is 0.524. The summed E-state index contributed by atoms with van der Waals surface area (Å²) in [4.78, 5) is 17.0. The normalized spacial score (nSPS) is 18.3. The first-order chi connectivity index (χ1) is 14.0. The Morgan fingerprint density at radius 3 is 2.45 bits per heavy atom. The molecule has 29 heavy (non-hydrogen) atoms. The number of rotatable bonds is 7.